The van der Waals surface area contributed by atoms with Gasteiger partial charge in [0.05, 0.1) is 5.38 Å². The van der Waals surface area contributed by atoms with Crippen LogP contribution in [-0.2, 0) is 6.42 Å². The van der Waals surface area contributed by atoms with Crippen LogP contribution in [0.1, 0.15) is 110 Å². The molecule has 2 unspecified atom stereocenters. The zero-order valence-corrected chi connectivity index (χ0v) is 23.5. The van der Waals surface area contributed by atoms with E-state index in [0.29, 0.717) is 24.2 Å². The highest BCUT2D eigenvalue weighted by atomic mass is 35.5. The molecule has 0 fully saturated rings. The second-order valence-corrected chi connectivity index (χ2v) is 11.2. The maximum Gasteiger partial charge on any atom is 0.220 e. The van der Waals surface area contributed by atoms with Gasteiger partial charge in [0.25, 0.3) is 0 Å². The molecular formula is C31H49ClN2O. The standard InChI is InChI=1S/C31H49ClN2O/c1-5-6-7-8-9-10-11-12-14-22-28-23-33-30(27-20-15-13-16-21-27)34-31(28)35-24-29(32)26(4)19-17-18-25(2)3/h13,15-16,20-21,23,25-26,29H,5-12,14,17-19,22,24H2,1-4H3. The molecule has 2 atom stereocenters. The fourth-order valence-corrected chi connectivity index (χ4v) is 4.58. The van der Waals surface area contributed by atoms with E-state index in [1.54, 1.807) is 0 Å². The lowest BCUT2D eigenvalue weighted by atomic mass is 9.97. The third kappa shape index (κ3) is 12.3. The molecule has 3 nitrogen and oxygen atoms in total. The molecule has 0 N–H and O–H groups in total. The molecule has 0 aliphatic rings. The van der Waals surface area contributed by atoms with Crippen LogP contribution in [0.2, 0.25) is 0 Å². The van der Waals surface area contributed by atoms with E-state index in [1.807, 2.05) is 36.5 Å². The van der Waals surface area contributed by atoms with E-state index in [9.17, 15) is 0 Å². The number of benzene rings is 1. The summed E-state index contributed by atoms with van der Waals surface area (Å²) in [5.41, 5.74) is 2.11. The highest BCUT2D eigenvalue weighted by Crippen LogP contribution is 2.25. The van der Waals surface area contributed by atoms with Crippen molar-refractivity contribution in [2.24, 2.45) is 11.8 Å². The maximum absolute atomic E-state index is 6.74. The predicted molar refractivity (Wildman–Crippen MR) is 151 cm³/mol. The van der Waals surface area contributed by atoms with Crippen LogP contribution in [0.5, 0.6) is 5.88 Å². The molecule has 0 spiro atoms. The van der Waals surface area contributed by atoms with E-state index in [-0.39, 0.29) is 5.38 Å². The zero-order valence-electron chi connectivity index (χ0n) is 22.8. The van der Waals surface area contributed by atoms with E-state index in [4.69, 9.17) is 21.3 Å². The molecule has 1 aromatic heterocycles. The van der Waals surface area contributed by atoms with Gasteiger partial charge in [-0.25, -0.2) is 4.98 Å². The fraction of sp³-hybridized carbons (Fsp3) is 0.677. The van der Waals surface area contributed by atoms with Crippen LogP contribution in [0.3, 0.4) is 0 Å². The van der Waals surface area contributed by atoms with Gasteiger partial charge in [0, 0.05) is 17.3 Å². The Bertz CT molecular complexity index is 796. The van der Waals surface area contributed by atoms with Gasteiger partial charge in [0.1, 0.15) is 6.61 Å². The molecule has 0 aliphatic carbocycles. The Hall–Kier alpha value is -1.61. The average Bonchev–Trinajstić information content (AvgIpc) is 2.86. The van der Waals surface area contributed by atoms with Gasteiger partial charge in [-0.3, -0.25) is 0 Å². The van der Waals surface area contributed by atoms with Crippen molar-refractivity contribution in [2.75, 3.05) is 6.61 Å². The maximum atomic E-state index is 6.74. The number of hydrogen-bond donors (Lipinski definition) is 0. The highest BCUT2D eigenvalue weighted by Gasteiger charge is 2.18. The van der Waals surface area contributed by atoms with Gasteiger partial charge in [0.15, 0.2) is 5.82 Å². The summed E-state index contributed by atoms with van der Waals surface area (Å²) in [6.45, 7) is 9.55. The molecule has 196 valence electrons. The minimum atomic E-state index is -0.0159. The van der Waals surface area contributed by atoms with Crippen LogP contribution < -0.4 is 4.74 Å². The van der Waals surface area contributed by atoms with Gasteiger partial charge in [-0.15, -0.1) is 11.6 Å². The average molecular weight is 501 g/mol. The van der Waals surface area contributed by atoms with Gasteiger partial charge in [-0.05, 0) is 31.1 Å². The largest absolute Gasteiger partial charge is 0.476 e. The summed E-state index contributed by atoms with van der Waals surface area (Å²) < 4.78 is 6.26. The molecule has 1 heterocycles. The summed E-state index contributed by atoms with van der Waals surface area (Å²) in [5, 5.41) is -0.0159. The second-order valence-electron chi connectivity index (χ2n) is 10.6. The topological polar surface area (TPSA) is 35.0 Å². The summed E-state index contributed by atoms with van der Waals surface area (Å²) in [4.78, 5) is 9.49. The fourth-order valence-electron chi connectivity index (χ4n) is 4.39. The Morgan fingerprint density at radius 2 is 1.49 bits per heavy atom. The number of aromatic nitrogens is 2. The normalized spacial score (nSPS) is 13.2. The second kappa shape index (κ2) is 17.8. The van der Waals surface area contributed by atoms with Crippen LogP contribution in [0.4, 0.5) is 0 Å². The number of halogens is 1. The quantitative estimate of drug-likeness (QED) is 0.142. The van der Waals surface area contributed by atoms with Crippen LogP contribution in [0, 0.1) is 11.8 Å². The summed E-state index contributed by atoms with van der Waals surface area (Å²) in [5.74, 6) is 2.59. The molecule has 35 heavy (non-hydrogen) atoms. The van der Waals surface area contributed by atoms with E-state index in [0.717, 1.165) is 36.3 Å². The monoisotopic (exact) mass is 500 g/mol. The molecule has 2 aromatic rings. The van der Waals surface area contributed by atoms with Gasteiger partial charge < -0.3 is 4.74 Å². The third-order valence-corrected chi connectivity index (χ3v) is 7.40. The van der Waals surface area contributed by atoms with Gasteiger partial charge >= 0.3 is 0 Å². The molecule has 0 radical (unpaired) electrons. The van der Waals surface area contributed by atoms with Crippen molar-refractivity contribution < 1.29 is 4.74 Å². The third-order valence-electron chi connectivity index (χ3n) is 6.84. The number of unbranched alkanes of at least 4 members (excludes halogenated alkanes) is 8. The first-order chi connectivity index (χ1) is 17.0. The lowest BCUT2D eigenvalue weighted by molar-refractivity contribution is 0.268. The zero-order chi connectivity index (χ0) is 25.3. The minimum absolute atomic E-state index is 0.0159. The SMILES string of the molecule is CCCCCCCCCCCc1cnc(-c2ccccc2)nc1OCC(Cl)C(C)CCCC(C)C. The van der Waals surface area contributed by atoms with E-state index < -0.39 is 0 Å². The van der Waals surface area contributed by atoms with E-state index in [2.05, 4.69) is 32.7 Å². The Labute approximate surface area is 220 Å². The lowest BCUT2D eigenvalue weighted by Gasteiger charge is -2.20. The van der Waals surface area contributed by atoms with Crippen molar-refractivity contribution in [3.63, 3.8) is 0 Å². The van der Waals surface area contributed by atoms with Crippen LogP contribution in [-0.4, -0.2) is 22.0 Å². The van der Waals surface area contributed by atoms with Crippen molar-refractivity contribution in [1.29, 1.82) is 0 Å². The van der Waals surface area contributed by atoms with E-state index >= 15 is 0 Å². The van der Waals surface area contributed by atoms with E-state index in [1.165, 1.54) is 64.2 Å². The first-order valence-electron chi connectivity index (χ1n) is 14.2. The van der Waals surface area contributed by atoms with Crippen LogP contribution in [0.15, 0.2) is 36.5 Å². The number of aryl methyl sites for hydroxylation is 1. The molecule has 0 aliphatic heterocycles. The summed E-state index contributed by atoms with van der Waals surface area (Å²) in [6, 6.07) is 10.1. The number of nitrogens with zero attached hydrogens (tertiary/aromatic N) is 2. The lowest BCUT2D eigenvalue weighted by Crippen LogP contribution is -2.21. The number of hydrogen-bond acceptors (Lipinski definition) is 3. The van der Waals surface area contributed by atoms with Gasteiger partial charge in [0.2, 0.25) is 5.88 Å². The molecule has 0 amide bonds. The van der Waals surface area contributed by atoms with Crippen molar-refractivity contribution in [2.45, 2.75) is 117 Å². The first kappa shape index (κ1) is 29.6. The van der Waals surface area contributed by atoms with Crippen LogP contribution >= 0.6 is 11.6 Å². The van der Waals surface area contributed by atoms with Crippen molar-refractivity contribution in [3.05, 3.63) is 42.1 Å². The number of ether oxygens (including phenoxy) is 1. The molecule has 2 rings (SSSR count). The minimum Gasteiger partial charge on any atom is -0.476 e. The van der Waals surface area contributed by atoms with Crippen LogP contribution in [0.25, 0.3) is 11.4 Å². The summed E-state index contributed by atoms with van der Waals surface area (Å²) in [7, 11) is 0. The predicted octanol–water partition coefficient (Wildman–Crippen LogP) is 9.67. The smallest absolute Gasteiger partial charge is 0.220 e. The Morgan fingerprint density at radius 3 is 2.14 bits per heavy atom. The van der Waals surface area contributed by atoms with Gasteiger partial charge in [-0.1, -0.05) is 122 Å². The van der Waals surface area contributed by atoms with Crippen molar-refractivity contribution >= 4 is 11.6 Å². The molecule has 0 bridgehead atoms. The Kier molecular flexibility index (Phi) is 15.0. The molecule has 0 saturated heterocycles. The Morgan fingerprint density at radius 1 is 0.829 bits per heavy atom. The molecular weight excluding hydrogens is 452 g/mol. The summed E-state index contributed by atoms with van der Waals surface area (Å²) >= 11 is 6.74. The van der Waals surface area contributed by atoms with Crippen molar-refractivity contribution in [1.82, 2.24) is 9.97 Å². The van der Waals surface area contributed by atoms with Crippen molar-refractivity contribution in [3.8, 4) is 17.3 Å². The molecule has 0 saturated carbocycles. The number of rotatable bonds is 19. The highest BCUT2D eigenvalue weighted by molar-refractivity contribution is 6.20. The Balaban J connectivity index is 1.91. The number of alkyl halides is 1. The molecule has 1 aromatic carbocycles. The first-order valence-corrected chi connectivity index (χ1v) is 14.6. The molecule has 4 heteroatoms. The van der Waals surface area contributed by atoms with Gasteiger partial charge in [-0.2, -0.15) is 4.98 Å². The summed E-state index contributed by atoms with van der Waals surface area (Å²) in [6.07, 6.45) is 18.4.